The zero-order valence-corrected chi connectivity index (χ0v) is 19.1. The lowest BCUT2D eigenvalue weighted by molar-refractivity contribution is 0.414. The van der Waals surface area contributed by atoms with E-state index in [0.29, 0.717) is 12.5 Å². The molecule has 0 saturated carbocycles. The number of anilines is 1. The maximum Gasteiger partial charge on any atom is 0.193 e. The predicted molar refractivity (Wildman–Crippen MR) is 130 cm³/mol. The van der Waals surface area contributed by atoms with Crippen LogP contribution in [0.3, 0.4) is 0 Å². The number of hydrogen-bond acceptors (Lipinski definition) is 4. The number of nitrogens with zero attached hydrogens (tertiary/aromatic N) is 4. The van der Waals surface area contributed by atoms with Gasteiger partial charge in [-0.3, -0.25) is 4.99 Å². The number of aromatic nitrogens is 2. The van der Waals surface area contributed by atoms with Crippen LogP contribution in [-0.4, -0.2) is 61.7 Å². The van der Waals surface area contributed by atoms with Gasteiger partial charge < -0.3 is 24.8 Å². The van der Waals surface area contributed by atoms with Gasteiger partial charge in [0.2, 0.25) is 0 Å². The van der Waals surface area contributed by atoms with Gasteiger partial charge in [0, 0.05) is 33.7 Å². The van der Waals surface area contributed by atoms with Crippen LogP contribution in [0.1, 0.15) is 12.2 Å². The number of guanidine groups is 1. The Labute approximate surface area is 190 Å². The molecular formula is C25H32N6O. The number of aliphatic imine (C=N–C) groups is 1. The van der Waals surface area contributed by atoms with E-state index in [0.717, 1.165) is 54.8 Å². The standard InChI is InChI=1S/C25H32N6O/c1-26-25(30(2)18-24-27-16-21(29-24)20-9-5-4-6-10-20)28-15-19-13-14-31(17-19)22-11-7-8-12-23(22)32-3/h4-12,16,19H,13-15,17-18H2,1-3H3,(H,26,28)(H,27,29). The average Bonchev–Trinajstić information content (AvgIpc) is 3.50. The summed E-state index contributed by atoms with van der Waals surface area (Å²) in [5.74, 6) is 3.28. The molecule has 0 bridgehead atoms. The molecule has 3 aromatic rings. The van der Waals surface area contributed by atoms with Crippen LogP contribution in [-0.2, 0) is 6.54 Å². The van der Waals surface area contributed by atoms with E-state index in [1.807, 2.05) is 50.6 Å². The summed E-state index contributed by atoms with van der Waals surface area (Å²) < 4.78 is 5.53. The predicted octanol–water partition coefficient (Wildman–Crippen LogP) is 3.62. The number of ether oxygens (including phenoxy) is 1. The van der Waals surface area contributed by atoms with Gasteiger partial charge in [-0.2, -0.15) is 0 Å². The van der Waals surface area contributed by atoms with E-state index in [1.54, 1.807) is 7.11 Å². The molecule has 0 amide bonds. The van der Waals surface area contributed by atoms with E-state index in [9.17, 15) is 0 Å². The lowest BCUT2D eigenvalue weighted by atomic mass is 10.1. The number of H-pyrrole nitrogens is 1. The highest BCUT2D eigenvalue weighted by Gasteiger charge is 2.25. The van der Waals surface area contributed by atoms with Crippen molar-refractivity contribution in [3.63, 3.8) is 0 Å². The Balaban J connectivity index is 1.30. The highest BCUT2D eigenvalue weighted by atomic mass is 16.5. The summed E-state index contributed by atoms with van der Waals surface area (Å²) in [6.07, 6.45) is 3.03. The molecule has 7 heteroatoms. The van der Waals surface area contributed by atoms with Gasteiger partial charge in [0.1, 0.15) is 11.6 Å². The van der Waals surface area contributed by atoms with Gasteiger partial charge in [-0.25, -0.2) is 4.98 Å². The van der Waals surface area contributed by atoms with Gasteiger partial charge >= 0.3 is 0 Å². The van der Waals surface area contributed by atoms with E-state index >= 15 is 0 Å². The molecule has 4 rings (SSSR count). The van der Waals surface area contributed by atoms with Crippen molar-refractivity contribution in [3.05, 3.63) is 66.6 Å². The van der Waals surface area contributed by atoms with Crippen LogP contribution < -0.4 is 15.0 Å². The summed E-state index contributed by atoms with van der Waals surface area (Å²) >= 11 is 0. The molecule has 7 nitrogen and oxygen atoms in total. The first-order valence-electron chi connectivity index (χ1n) is 11.1. The topological polar surface area (TPSA) is 68.8 Å². The molecule has 0 aliphatic carbocycles. The summed E-state index contributed by atoms with van der Waals surface area (Å²) in [6.45, 7) is 3.59. The Hall–Kier alpha value is -3.48. The van der Waals surface area contributed by atoms with E-state index in [-0.39, 0.29) is 0 Å². The minimum absolute atomic E-state index is 0.554. The van der Waals surface area contributed by atoms with Crippen LogP contribution in [0.5, 0.6) is 5.75 Å². The molecule has 2 heterocycles. The smallest absolute Gasteiger partial charge is 0.193 e. The summed E-state index contributed by atoms with van der Waals surface area (Å²) in [4.78, 5) is 16.9. The van der Waals surface area contributed by atoms with Crippen LogP contribution in [0.2, 0.25) is 0 Å². The third-order valence-electron chi connectivity index (χ3n) is 5.93. The van der Waals surface area contributed by atoms with Crippen molar-refractivity contribution in [2.45, 2.75) is 13.0 Å². The molecular weight excluding hydrogens is 400 g/mol. The lowest BCUT2D eigenvalue weighted by Crippen LogP contribution is -2.41. The van der Waals surface area contributed by atoms with Gasteiger partial charge in [-0.05, 0) is 30.0 Å². The number of imidazole rings is 1. The Kier molecular flexibility index (Phi) is 6.94. The van der Waals surface area contributed by atoms with Gasteiger partial charge in [-0.1, -0.05) is 42.5 Å². The first kappa shape index (κ1) is 21.7. The fraction of sp³-hybridized carbons (Fsp3) is 0.360. The quantitative estimate of drug-likeness (QED) is 0.441. The van der Waals surface area contributed by atoms with Gasteiger partial charge in [0.15, 0.2) is 5.96 Å². The minimum Gasteiger partial charge on any atom is -0.495 e. The molecule has 1 unspecified atom stereocenters. The molecule has 1 aliphatic heterocycles. The fourth-order valence-corrected chi connectivity index (χ4v) is 4.24. The first-order valence-corrected chi connectivity index (χ1v) is 11.1. The number of methoxy groups -OCH3 is 1. The van der Waals surface area contributed by atoms with Crippen molar-refractivity contribution >= 4 is 11.6 Å². The van der Waals surface area contributed by atoms with Crippen molar-refractivity contribution < 1.29 is 4.74 Å². The van der Waals surface area contributed by atoms with E-state index < -0.39 is 0 Å². The van der Waals surface area contributed by atoms with Crippen LogP contribution in [0.4, 0.5) is 5.69 Å². The minimum atomic E-state index is 0.554. The molecule has 1 aromatic heterocycles. The summed E-state index contributed by atoms with van der Waals surface area (Å²) in [5.41, 5.74) is 3.34. The summed E-state index contributed by atoms with van der Waals surface area (Å²) in [5, 5.41) is 3.55. The van der Waals surface area contributed by atoms with Crippen LogP contribution in [0.15, 0.2) is 65.8 Å². The average molecular weight is 433 g/mol. The maximum atomic E-state index is 5.53. The Morgan fingerprint density at radius 1 is 1.22 bits per heavy atom. The van der Waals surface area contributed by atoms with Crippen LogP contribution in [0.25, 0.3) is 11.3 Å². The SMILES string of the molecule is CN=C(NCC1CCN(c2ccccc2OC)C1)N(C)Cc1ncc(-c2ccccc2)[nH]1. The second kappa shape index (κ2) is 10.2. The number of hydrogen-bond donors (Lipinski definition) is 2. The van der Waals surface area contributed by atoms with Crippen LogP contribution in [0, 0.1) is 5.92 Å². The van der Waals surface area contributed by atoms with Gasteiger partial charge in [0.25, 0.3) is 0 Å². The summed E-state index contributed by atoms with van der Waals surface area (Å²) in [6, 6.07) is 18.5. The van der Waals surface area contributed by atoms with Crippen molar-refractivity contribution in [2.75, 3.05) is 45.7 Å². The maximum absolute atomic E-state index is 5.53. The third-order valence-corrected chi connectivity index (χ3v) is 5.93. The fourth-order valence-electron chi connectivity index (χ4n) is 4.24. The third kappa shape index (κ3) is 5.04. The molecule has 1 atom stereocenters. The molecule has 168 valence electrons. The van der Waals surface area contributed by atoms with E-state index in [2.05, 4.69) is 54.3 Å². The number of nitrogens with one attached hydrogen (secondary N) is 2. The van der Waals surface area contributed by atoms with Crippen LogP contribution >= 0.6 is 0 Å². The molecule has 2 N–H and O–H groups in total. The normalized spacial score (nSPS) is 16.3. The van der Waals surface area contributed by atoms with E-state index in [1.165, 1.54) is 5.69 Å². The number of para-hydroxylation sites is 2. The molecule has 32 heavy (non-hydrogen) atoms. The molecule has 1 fully saturated rings. The molecule has 2 aromatic carbocycles. The first-order chi connectivity index (χ1) is 15.7. The van der Waals surface area contributed by atoms with Crippen molar-refractivity contribution in [1.29, 1.82) is 0 Å². The second-order valence-electron chi connectivity index (χ2n) is 8.17. The zero-order chi connectivity index (χ0) is 22.3. The van der Waals surface area contributed by atoms with Gasteiger partial charge in [-0.15, -0.1) is 0 Å². The highest BCUT2D eigenvalue weighted by Crippen LogP contribution is 2.31. The largest absolute Gasteiger partial charge is 0.495 e. The lowest BCUT2D eigenvalue weighted by Gasteiger charge is -2.23. The number of benzene rings is 2. The highest BCUT2D eigenvalue weighted by molar-refractivity contribution is 5.79. The number of rotatable bonds is 7. The molecule has 0 spiro atoms. The second-order valence-corrected chi connectivity index (χ2v) is 8.17. The van der Waals surface area contributed by atoms with Crippen molar-refractivity contribution in [3.8, 4) is 17.0 Å². The molecule has 1 aliphatic rings. The Bertz CT molecular complexity index is 1030. The van der Waals surface area contributed by atoms with Crippen molar-refractivity contribution in [1.82, 2.24) is 20.2 Å². The monoisotopic (exact) mass is 432 g/mol. The molecule has 0 radical (unpaired) electrons. The van der Waals surface area contributed by atoms with Crippen molar-refractivity contribution in [2.24, 2.45) is 10.9 Å². The molecule has 1 saturated heterocycles. The zero-order valence-electron chi connectivity index (χ0n) is 19.1. The Morgan fingerprint density at radius 3 is 2.78 bits per heavy atom. The summed E-state index contributed by atoms with van der Waals surface area (Å²) in [7, 11) is 5.59. The number of aromatic amines is 1. The Morgan fingerprint density at radius 2 is 2.00 bits per heavy atom. The van der Waals surface area contributed by atoms with Gasteiger partial charge in [0.05, 0.1) is 31.2 Å². The van der Waals surface area contributed by atoms with E-state index in [4.69, 9.17) is 4.74 Å².